The number of amides is 2. The number of hydrogen-bond acceptors (Lipinski definition) is 4. The van der Waals surface area contributed by atoms with Crippen molar-refractivity contribution in [1.82, 2.24) is 16.2 Å². The molecule has 0 heterocycles. The quantitative estimate of drug-likeness (QED) is 0.591. The minimum Gasteiger partial charge on any atom is -0.444 e. The zero-order valence-corrected chi connectivity index (χ0v) is 9.51. The molecule has 15 heavy (non-hydrogen) atoms. The summed E-state index contributed by atoms with van der Waals surface area (Å²) in [5, 5.41) is 2.32. The standard InChI is InChI=1S/C9H18N3O3/c1-5-11-12-7(13)6-10-8(14)15-9(2,3)4/h5,11H,6H2,1-4H3,(H,10,14)(H,12,13). The number of nitrogens with one attached hydrogen (secondary N) is 3. The number of carbonyl (C=O) groups excluding carboxylic acids is 2. The van der Waals surface area contributed by atoms with Gasteiger partial charge in [0.1, 0.15) is 12.1 Å². The van der Waals surface area contributed by atoms with Crippen LogP contribution in [0.2, 0.25) is 0 Å². The van der Waals surface area contributed by atoms with Crippen molar-refractivity contribution >= 4 is 12.0 Å². The fourth-order valence-corrected chi connectivity index (χ4v) is 0.663. The Bertz CT molecular complexity index is 223. The number of ether oxygens (including phenoxy) is 1. The summed E-state index contributed by atoms with van der Waals surface area (Å²) in [7, 11) is 0. The van der Waals surface area contributed by atoms with Crippen molar-refractivity contribution in [3.8, 4) is 0 Å². The highest BCUT2D eigenvalue weighted by atomic mass is 16.6. The van der Waals surface area contributed by atoms with E-state index < -0.39 is 11.7 Å². The molecule has 0 aliphatic heterocycles. The summed E-state index contributed by atoms with van der Waals surface area (Å²) in [6.45, 7) is 8.41. The maximum Gasteiger partial charge on any atom is 0.408 e. The van der Waals surface area contributed by atoms with Gasteiger partial charge >= 0.3 is 6.09 Å². The molecule has 0 saturated heterocycles. The molecular weight excluding hydrogens is 198 g/mol. The second-order valence-electron chi connectivity index (χ2n) is 3.84. The van der Waals surface area contributed by atoms with Gasteiger partial charge in [-0.15, -0.1) is 0 Å². The Morgan fingerprint density at radius 1 is 1.33 bits per heavy atom. The smallest absolute Gasteiger partial charge is 0.408 e. The van der Waals surface area contributed by atoms with E-state index in [1.807, 2.05) is 0 Å². The molecule has 0 saturated carbocycles. The molecule has 0 aromatic rings. The molecule has 2 amide bonds. The van der Waals surface area contributed by atoms with Gasteiger partial charge in [0.25, 0.3) is 5.91 Å². The molecule has 0 spiro atoms. The number of rotatable bonds is 4. The van der Waals surface area contributed by atoms with E-state index in [1.165, 1.54) is 0 Å². The van der Waals surface area contributed by atoms with E-state index in [4.69, 9.17) is 4.74 Å². The molecule has 0 unspecified atom stereocenters. The van der Waals surface area contributed by atoms with Crippen LogP contribution >= 0.6 is 0 Å². The molecule has 0 fully saturated rings. The van der Waals surface area contributed by atoms with Crippen molar-refractivity contribution in [2.24, 2.45) is 0 Å². The second-order valence-corrected chi connectivity index (χ2v) is 3.84. The Hall–Kier alpha value is -1.30. The summed E-state index contributed by atoms with van der Waals surface area (Å²) in [5.74, 6) is -0.348. The molecule has 0 aliphatic carbocycles. The van der Waals surface area contributed by atoms with Crippen molar-refractivity contribution in [2.75, 3.05) is 6.54 Å². The van der Waals surface area contributed by atoms with Gasteiger partial charge in [-0.2, -0.15) is 0 Å². The van der Waals surface area contributed by atoms with E-state index in [9.17, 15) is 9.59 Å². The van der Waals surface area contributed by atoms with Crippen molar-refractivity contribution in [2.45, 2.75) is 33.3 Å². The summed E-state index contributed by atoms with van der Waals surface area (Å²) < 4.78 is 4.93. The number of alkyl carbamates (subject to hydrolysis) is 1. The monoisotopic (exact) mass is 216 g/mol. The third-order valence-corrected chi connectivity index (χ3v) is 1.15. The van der Waals surface area contributed by atoms with Crippen LogP contribution in [0.1, 0.15) is 27.7 Å². The molecule has 6 heteroatoms. The lowest BCUT2D eigenvalue weighted by Gasteiger charge is -2.19. The van der Waals surface area contributed by atoms with Gasteiger partial charge in [0.05, 0.1) is 0 Å². The van der Waals surface area contributed by atoms with Gasteiger partial charge in [-0.25, -0.2) is 10.2 Å². The fourth-order valence-electron chi connectivity index (χ4n) is 0.663. The van der Waals surface area contributed by atoms with Crippen molar-refractivity contribution in [1.29, 1.82) is 0 Å². The summed E-state index contributed by atoms with van der Waals surface area (Å²) in [6, 6.07) is 0. The highest BCUT2D eigenvalue weighted by molar-refractivity contribution is 5.81. The van der Waals surface area contributed by atoms with Crippen molar-refractivity contribution < 1.29 is 14.3 Å². The highest BCUT2D eigenvalue weighted by Crippen LogP contribution is 2.05. The molecular formula is C9H18N3O3. The molecule has 0 aromatic carbocycles. The van der Waals surface area contributed by atoms with Gasteiger partial charge in [0.15, 0.2) is 0 Å². The summed E-state index contributed by atoms with van der Waals surface area (Å²) >= 11 is 0. The molecule has 3 N–H and O–H groups in total. The van der Waals surface area contributed by atoms with E-state index in [0.29, 0.717) is 0 Å². The normalized spacial score (nSPS) is 10.7. The first-order valence-electron chi connectivity index (χ1n) is 4.64. The van der Waals surface area contributed by atoms with Gasteiger partial charge in [0.2, 0.25) is 0 Å². The van der Waals surface area contributed by atoms with Gasteiger partial charge in [0, 0.05) is 6.54 Å². The lowest BCUT2D eigenvalue weighted by atomic mass is 10.2. The molecule has 0 atom stereocenters. The van der Waals surface area contributed by atoms with Gasteiger partial charge in [-0.05, 0) is 27.7 Å². The highest BCUT2D eigenvalue weighted by Gasteiger charge is 2.16. The number of hydrogen-bond donors (Lipinski definition) is 3. The molecule has 0 rings (SSSR count). The third kappa shape index (κ3) is 9.01. The predicted octanol–water partition coefficient (Wildman–Crippen LogP) is 0.314. The summed E-state index contributed by atoms with van der Waals surface area (Å²) in [4.78, 5) is 22.1. The Morgan fingerprint density at radius 2 is 1.93 bits per heavy atom. The average molecular weight is 216 g/mol. The van der Waals surface area contributed by atoms with Crippen LogP contribution in [-0.4, -0.2) is 24.1 Å². The number of carbonyl (C=O) groups is 2. The lowest BCUT2D eigenvalue weighted by molar-refractivity contribution is -0.121. The minimum absolute atomic E-state index is 0.129. The van der Waals surface area contributed by atoms with Crippen LogP contribution in [0.3, 0.4) is 0 Å². The Morgan fingerprint density at radius 3 is 2.40 bits per heavy atom. The maximum atomic E-state index is 11.1. The first-order valence-corrected chi connectivity index (χ1v) is 4.64. The van der Waals surface area contributed by atoms with Crippen LogP contribution < -0.4 is 16.2 Å². The van der Waals surface area contributed by atoms with E-state index in [0.717, 1.165) is 0 Å². The van der Waals surface area contributed by atoms with Crippen LogP contribution in [0.25, 0.3) is 0 Å². The summed E-state index contributed by atoms with van der Waals surface area (Å²) in [5.41, 5.74) is 4.28. The molecule has 1 radical (unpaired) electrons. The molecule has 0 bridgehead atoms. The fraction of sp³-hybridized carbons (Fsp3) is 0.667. The van der Waals surface area contributed by atoms with Crippen LogP contribution in [0, 0.1) is 6.54 Å². The molecule has 0 aliphatic rings. The summed E-state index contributed by atoms with van der Waals surface area (Å²) in [6.07, 6.45) is -0.613. The molecule has 0 aromatic heterocycles. The number of hydrazine groups is 1. The largest absolute Gasteiger partial charge is 0.444 e. The maximum absolute atomic E-state index is 11.1. The Balaban J connectivity index is 3.67. The molecule has 6 nitrogen and oxygen atoms in total. The van der Waals surface area contributed by atoms with Crippen molar-refractivity contribution in [3.63, 3.8) is 0 Å². The lowest BCUT2D eigenvalue weighted by Crippen LogP contribution is -2.43. The van der Waals surface area contributed by atoms with Gasteiger partial charge in [-0.3, -0.25) is 10.2 Å². The van der Waals surface area contributed by atoms with Crippen LogP contribution in [0.5, 0.6) is 0 Å². The minimum atomic E-state index is -0.613. The topological polar surface area (TPSA) is 79.5 Å². The predicted molar refractivity (Wildman–Crippen MR) is 55.5 cm³/mol. The van der Waals surface area contributed by atoms with Crippen LogP contribution in [0.4, 0.5) is 4.79 Å². The second kappa shape index (κ2) is 6.23. The van der Waals surface area contributed by atoms with E-state index in [-0.39, 0.29) is 12.5 Å². The van der Waals surface area contributed by atoms with Gasteiger partial charge < -0.3 is 10.1 Å². The Kier molecular flexibility index (Phi) is 5.69. The van der Waals surface area contributed by atoms with Crippen molar-refractivity contribution in [3.05, 3.63) is 6.54 Å². The van der Waals surface area contributed by atoms with E-state index in [2.05, 4.69) is 16.2 Å². The Labute approximate surface area is 89.7 Å². The first-order chi connectivity index (χ1) is 6.85. The third-order valence-electron chi connectivity index (χ3n) is 1.15. The molecule has 87 valence electrons. The first kappa shape index (κ1) is 13.7. The van der Waals surface area contributed by atoms with E-state index in [1.54, 1.807) is 34.2 Å². The van der Waals surface area contributed by atoms with Crippen LogP contribution in [-0.2, 0) is 9.53 Å². The zero-order valence-electron chi connectivity index (χ0n) is 9.51. The average Bonchev–Trinajstić information content (AvgIpc) is 2.08. The SMILES string of the molecule is C[CH]NNC(=O)CNC(=O)OC(C)(C)C. The zero-order chi connectivity index (χ0) is 11.9. The van der Waals surface area contributed by atoms with Crippen LogP contribution in [0.15, 0.2) is 0 Å². The van der Waals surface area contributed by atoms with E-state index >= 15 is 0 Å². The van der Waals surface area contributed by atoms with Gasteiger partial charge in [-0.1, -0.05) is 0 Å².